The van der Waals surface area contributed by atoms with E-state index in [1.165, 1.54) is 22.5 Å². The van der Waals surface area contributed by atoms with E-state index in [9.17, 15) is 17.6 Å². The Morgan fingerprint density at radius 1 is 1.13 bits per heavy atom. The van der Waals surface area contributed by atoms with Crippen LogP contribution in [0.25, 0.3) is 11.0 Å². The molecule has 164 valence electrons. The molecule has 0 N–H and O–H groups in total. The minimum absolute atomic E-state index is 0.0795. The summed E-state index contributed by atoms with van der Waals surface area (Å²) in [4.78, 5) is 14.3. The number of furan rings is 1. The highest BCUT2D eigenvalue weighted by molar-refractivity contribution is 7.89. The molecule has 0 atom stereocenters. The number of nitrogens with zero attached hydrogens (tertiary/aromatic N) is 2. The number of benzene rings is 2. The molecular formula is C22H23FN2O5S. The third-order valence-electron chi connectivity index (χ3n) is 5.39. The highest BCUT2D eigenvalue weighted by Gasteiger charge is 2.33. The van der Waals surface area contributed by atoms with Gasteiger partial charge in [0.2, 0.25) is 10.0 Å². The van der Waals surface area contributed by atoms with Gasteiger partial charge in [-0.3, -0.25) is 4.79 Å². The second kappa shape index (κ2) is 8.32. The molecule has 2 aromatic carbocycles. The summed E-state index contributed by atoms with van der Waals surface area (Å²) >= 11 is 0. The Balaban J connectivity index is 1.51. The Bertz CT molecular complexity index is 1230. The second-order valence-electron chi connectivity index (χ2n) is 7.27. The van der Waals surface area contributed by atoms with Crippen LogP contribution < -0.4 is 4.74 Å². The summed E-state index contributed by atoms with van der Waals surface area (Å²) in [5.74, 6) is -0.154. The molecule has 0 aliphatic carbocycles. The van der Waals surface area contributed by atoms with Crippen molar-refractivity contribution in [3.63, 3.8) is 0 Å². The highest BCUT2D eigenvalue weighted by atomic mass is 32.2. The summed E-state index contributed by atoms with van der Waals surface area (Å²) in [6.45, 7) is 4.78. The maximum Gasteiger partial charge on any atom is 0.289 e. The standard InChI is InChI=1S/C22H23FN2O5S/c1-3-29-16-8-9-19-17(14-16)15(2)21(30-19)22(26)24-10-12-25(13-11-24)31(27,28)20-7-5-4-6-18(20)23/h4-9,14H,3,10-13H2,1-2H3. The van der Waals surface area contributed by atoms with Crippen molar-refractivity contribution in [3.05, 3.63) is 59.6 Å². The zero-order valence-electron chi connectivity index (χ0n) is 17.3. The van der Waals surface area contributed by atoms with E-state index >= 15 is 0 Å². The van der Waals surface area contributed by atoms with E-state index in [1.54, 1.807) is 17.0 Å². The smallest absolute Gasteiger partial charge is 0.289 e. The number of rotatable bonds is 5. The van der Waals surface area contributed by atoms with Crippen LogP contribution in [0.1, 0.15) is 23.0 Å². The van der Waals surface area contributed by atoms with Crippen LogP contribution in [0.3, 0.4) is 0 Å². The molecule has 0 bridgehead atoms. The summed E-state index contributed by atoms with van der Waals surface area (Å²) in [6, 6.07) is 10.7. The Morgan fingerprint density at radius 3 is 2.52 bits per heavy atom. The molecule has 7 nitrogen and oxygen atoms in total. The lowest BCUT2D eigenvalue weighted by Crippen LogP contribution is -2.50. The first-order valence-corrected chi connectivity index (χ1v) is 11.5. The molecule has 1 aliphatic rings. The molecule has 0 unspecified atom stereocenters. The first kappa shape index (κ1) is 21.3. The van der Waals surface area contributed by atoms with Crippen molar-refractivity contribution in [2.45, 2.75) is 18.7 Å². The number of carbonyl (C=O) groups is 1. The van der Waals surface area contributed by atoms with Gasteiger partial charge in [-0.25, -0.2) is 12.8 Å². The topological polar surface area (TPSA) is 80.1 Å². The van der Waals surface area contributed by atoms with Crippen molar-refractivity contribution in [2.24, 2.45) is 0 Å². The second-order valence-corrected chi connectivity index (χ2v) is 9.18. The fourth-order valence-corrected chi connectivity index (χ4v) is 5.22. The number of fused-ring (bicyclic) bond motifs is 1. The van der Waals surface area contributed by atoms with E-state index in [2.05, 4.69) is 0 Å². The predicted octanol–water partition coefficient (Wildman–Crippen LogP) is 3.43. The number of hydrogen-bond acceptors (Lipinski definition) is 5. The number of sulfonamides is 1. The summed E-state index contributed by atoms with van der Waals surface area (Å²) in [7, 11) is -3.96. The maximum absolute atomic E-state index is 14.0. The number of ether oxygens (including phenoxy) is 1. The van der Waals surface area contributed by atoms with Crippen LogP contribution in [0, 0.1) is 12.7 Å². The normalized spacial score (nSPS) is 15.4. The van der Waals surface area contributed by atoms with Crippen molar-refractivity contribution in [2.75, 3.05) is 32.8 Å². The lowest BCUT2D eigenvalue weighted by molar-refractivity contribution is 0.0667. The number of aryl methyl sites for hydroxylation is 1. The van der Waals surface area contributed by atoms with Gasteiger partial charge in [0.25, 0.3) is 5.91 Å². The Hall–Kier alpha value is -2.91. The lowest BCUT2D eigenvalue weighted by Gasteiger charge is -2.33. The summed E-state index contributed by atoms with van der Waals surface area (Å²) in [5, 5.41) is 0.801. The molecular weight excluding hydrogens is 423 g/mol. The SMILES string of the molecule is CCOc1ccc2oc(C(=O)N3CCN(S(=O)(=O)c4ccccc4F)CC3)c(C)c2c1. The molecule has 1 fully saturated rings. The largest absolute Gasteiger partial charge is 0.494 e. The third kappa shape index (κ3) is 3.90. The van der Waals surface area contributed by atoms with Gasteiger partial charge in [-0.05, 0) is 44.2 Å². The average Bonchev–Trinajstić information content (AvgIpc) is 3.10. The van der Waals surface area contributed by atoms with Crippen LogP contribution in [0.5, 0.6) is 5.75 Å². The summed E-state index contributed by atoms with van der Waals surface area (Å²) in [5.41, 5.74) is 1.30. The highest BCUT2D eigenvalue weighted by Crippen LogP contribution is 2.30. The minimum Gasteiger partial charge on any atom is -0.494 e. The number of amides is 1. The van der Waals surface area contributed by atoms with Gasteiger partial charge in [0.15, 0.2) is 5.76 Å². The average molecular weight is 447 g/mol. The molecule has 0 radical (unpaired) electrons. The number of hydrogen-bond donors (Lipinski definition) is 0. The molecule has 2 heterocycles. The zero-order chi connectivity index (χ0) is 22.2. The van der Waals surface area contributed by atoms with Crippen molar-refractivity contribution < 1.29 is 26.8 Å². The van der Waals surface area contributed by atoms with Gasteiger partial charge in [0, 0.05) is 37.1 Å². The number of carbonyl (C=O) groups excluding carboxylic acids is 1. The lowest BCUT2D eigenvalue weighted by atomic mass is 10.1. The van der Waals surface area contributed by atoms with E-state index in [0.717, 1.165) is 11.5 Å². The fourth-order valence-electron chi connectivity index (χ4n) is 3.73. The van der Waals surface area contributed by atoms with Crippen molar-refractivity contribution in [3.8, 4) is 5.75 Å². The van der Waals surface area contributed by atoms with E-state index < -0.39 is 15.8 Å². The Morgan fingerprint density at radius 2 is 1.84 bits per heavy atom. The molecule has 3 aromatic rings. The molecule has 31 heavy (non-hydrogen) atoms. The van der Waals surface area contributed by atoms with Gasteiger partial charge in [0.1, 0.15) is 22.0 Å². The Kier molecular flexibility index (Phi) is 5.72. The number of halogens is 1. The molecule has 1 aromatic heterocycles. The van der Waals surface area contributed by atoms with Crippen LogP contribution >= 0.6 is 0 Å². The molecule has 1 saturated heterocycles. The molecule has 1 amide bonds. The third-order valence-corrected chi connectivity index (χ3v) is 7.33. The van der Waals surface area contributed by atoms with Crippen LogP contribution in [0.15, 0.2) is 51.8 Å². The van der Waals surface area contributed by atoms with Gasteiger partial charge < -0.3 is 14.1 Å². The fraction of sp³-hybridized carbons (Fsp3) is 0.318. The molecule has 0 saturated carbocycles. The van der Waals surface area contributed by atoms with Crippen LogP contribution in [-0.2, 0) is 10.0 Å². The summed E-state index contributed by atoms with van der Waals surface area (Å²) in [6.07, 6.45) is 0. The van der Waals surface area contributed by atoms with Crippen molar-refractivity contribution in [1.29, 1.82) is 0 Å². The van der Waals surface area contributed by atoms with E-state index in [-0.39, 0.29) is 42.7 Å². The van der Waals surface area contributed by atoms with Gasteiger partial charge in [-0.15, -0.1) is 0 Å². The summed E-state index contributed by atoms with van der Waals surface area (Å²) < 4.78 is 52.0. The monoisotopic (exact) mass is 446 g/mol. The molecule has 1 aliphatic heterocycles. The van der Waals surface area contributed by atoms with Gasteiger partial charge in [-0.2, -0.15) is 4.31 Å². The van der Waals surface area contributed by atoms with Gasteiger partial charge >= 0.3 is 0 Å². The van der Waals surface area contributed by atoms with Gasteiger partial charge in [0.05, 0.1) is 6.61 Å². The molecule has 9 heteroatoms. The molecule has 0 spiro atoms. The van der Waals surface area contributed by atoms with Crippen LogP contribution in [0.2, 0.25) is 0 Å². The maximum atomic E-state index is 14.0. The minimum atomic E-state index is -3.96. The van der Waals surface area contributed by atoms with Crippen LogP contribution in [-0.4, -0.2) is 56.3 Å². The first-order chi connectivity index (χ1) is 14.8. The Labute approximate surface area is 180 Å². The predicted molar refractivity (Wildman–Crippen MR) is 113 cm³/mol. The van der Waals surface area contributed by atoms with E-state index in [1.807, 2.05) is 19.9 Å². The van der Waals surface area contributed by atoms with E-state index in [4.69, 9.17) is 9.15 Å². The molecule has 4 rings (SSSR count). The van der Waals surface area contributed by atoms with Gasteiger partial charge in [-0.1, -0.05) is 12.1 Å². The van der Waals surface area contributed by atoms with E-state index in [0.29, 0.717) is 23.5 Å². The van der Waals surface area contributed by atoms with Crippen molar-refractivity contribution in [1.82, 2.24) is 9.21 Å². The zero-order valence-corrected chi connectivity index (χ0v) is 18.1. The van der Waals surface area contributed by atoms with Crippen molar-refractivity contribution >= 4 is 26.9 Å². The quantitative estimate of drug-likeness (QED) is 0.600. The number of piperazine rings is 1. The first-order valence-electron chi connectivity index (χ1n) is 10.0. The van der Waals surface area contributed by atoms with Crippen LogP contribution in [0.4, 0.5) is 4.39 Å².